The minimum Gasteiger partial charge on any atom is -0.478 e. The Bertz CT molecular complexity index is 347. The predicted octanol–water partition coefficient (Wildman–Crippen LogP) is 0.685. The molecule has 1 saturated heterocycles. The number of carbonyl (C=O) groups is 2. The topological polar surface area (TPSA) is 66.9 Å². The van der Waals surface area contributed by atoms with Crippen molar-refractivity contribution in [2.24, 2.45) is 0 Å². The summed E-state index contributed by atoms with van der Waals surface area (Å²) in [5, 5.41) is 8.87. The number of hydrogen-bond donors (Lipinski definition) is 1. The Morgan fingerprint density at radius 2 is 2.36 bits per heavy atom. The maximum atomic E-state index is 11.1. The third kappa shape index (κ3) is 1.90. The molecule has 1 atom stereocenters. The first kappa shape index (κ1) is 9.15. The third-order valence-electron chi connectivity index (χ3n) is 2.27. The van der Waals surface area contributed by atoms with Crippen LogP contribution in [0.5, 0.6) is 0 Å². The minimum atomic E-state index is -0.968. The zero-order valence-corrected chi connectivity index (χ0v) is 7.53. The van der Waals surface area contributed by atoms with Gasteiger partial charge in [-0.25, -0.2) is 4.79 Å². The second-order valence-electron chi connectivity index (χ2n) is 3.42. The van der Waals surface area contributed by atoms with E-state index in [0.717, 1.165) is 0 Å². The van der Waals surface area contributed by atoms with Crippen molar-refractivity contribution in [2.75, 3.05) is 6.61 Å². The van der Waals surface area contributed by atoms with Crippen LogP contribution in [0.3, 0.4) is 0 Å². The van der Waals surface area contributed by atoms with Gasteiger partial charge in [-0.1, -0.05) is 6.08 Å². The fourth-order valence-electron chi connectivity index (χ4n) is 1.49. The van der Waals surface area contributed by atoms with Crippen LogP contribution in [0.2, 0.25) is 0 Å². The molecule has 1 unspecified atom stereocenters. The quantitative estimate of drug-likeness (QED) is 0.671. The fourth-order valence-corrected chi connectivity index (χ4v) is 1.49. The summed E-state index contributed by atoms with van der Waals surface area (Å²) in [6, 6.07) is 0. The molecule has 0 bridgehead atoms. The molecular formula is C10H10O4. The first-order valence-electron chi connectivity index (χ1n) is 4.45. The largest absolute Gasteiger partial charge is 0.478 e. The van der Waals surface area contributed by atoms with Crippen LogP contribution in [0.15, 0.2) is 23.3 Å². The van der Waals surface area contributed by atoms with Gasteiger partial charge in [-0.2, -0.15) is 0 Å². The molecule has 0 amide bonds. The smallest absolute Gasteiger partial charge is 0.335 e. The van der Waals surface area contributed by atoms with E-state index in [9.17, 15) is 9.59 Å². The number of carboxylic acids is 1. The van der Waals surface area contributed by atoms with Crippen LogP contribution < -0.4 is 0 Å². The van der Waals surface area contributed by atoms with Crippen LogP contribution in [0.1, 0.15) is 12.8 Å². The lowest BCUT2D eigenvalue weighted by molar-refractivity contribution is -0.132. The van der Waals surface area contributed by atoms with Crippen molar-refractivity contribution >= 4 is 11.8 Å². The van der Waals surface area contributed by atoms with E-state index in [1.54, 1.807) is 0 Å². The molecular weight excluding hydrogens is 184 g/mol. The molecule has 2 rings (SSSR count). The van der Waals surface area contributed by atoms with Crippen LogP contribution >= 0.6 is 0 Å². The van der Waals surface area contributed by atoms with Crippen molar-refractivity contribution in [2.45, 2.75) is 18.9 Å². The van der Waals surface area contributed by atoms with Gasteiger partial charge in [-0.3, -0.25) is 4.79 Å². The van der Waals surface area contributed by atoms with Gasteiger partial charge in [0.1, 0.15) is 0 Å². The molecule has 1 fully saturated rings. The van der Waals surface area contributed by atoms with Crippen LogP contribution in [0.25, 0.3) is 0 Å². The number of ether oxygens (including phenoxy) is 1. The van der Waals surface area contributed by atoms with Crippen LogP contribution in [0.4, 0.5) is 0 Å². The van der Waals surface area contributed by atoms with Gasteiger partial charge in [0.2, 0.25) is 0 Å². The normalized spacial score (nSPS) is 25.4. The van der Waals surface area contributed by atoms with Crippen molar-refractivity contribution in [3.8, 4) is 0 Å². The molecule has 1 heterocycles. The number of aliphatic carboxylic acids is 1. The molecule has 1 aliphatic heterocycles. The molecule has 74 valence electrons. The van der Waals surface area contributed by atoms with E-state index in [2.05, 4.69) is 0 Å². The third-order valence-corrected chi connectivity index (χ3v) is 2.27. The highest BCUT2D eigenvalue weighted by Crippen LogP contribution is 2.27. The van der Waals surface area contributed by atoms with Crippen molar-refractivity contribution in [1.82, 2.24) is 0 Å². The number of ketones is 1. The molecule has 0 saturated carbocycles. The number of allylic oxidation sites excluding steroid dienone is 2. The van der Waals surface area contributed by atoms with Gasteiger partial charge in [-0.05, 0) is 11.6 Å². The minimum absolute atomic E-state index is 0.0364. The Morgan fingerprint density at radius 3 is 2.93 bits per heavy atom. The Hall–Kier alpha value is -1.42. The lowest BCUT2D eigenvalue weighted by Crippen LogP contribution is -2.12. The number of rotatable bonds is 3. The highest BCUT2D eigenvalue weighted by molar-refractivity contribution is 6.01. The molecule has 4 nitrogen and oxygen atoms in total. The number of epoxide rings is 1. The molecule has 0 spiro atoms. The monoisotopic (exact) mass is 194 g/mol. The summed E-state index contributed by atoms with van der Waals surface area (Å²) < 4.78 is 5.00. The zero-order valence-electron chi connectivity index (χ0n) is 7.53. The molecule has 1 aliphatic carbocycles. The lowest BCUT2D eigenvalue weighted by Gasteiger charge is -2.10. The van der Waals surface area contributed by atoms with Crippen LogP contribution in [-0.2, 0) is 14.3 Å². The van der Waals surface area contributed by atoms with Crippen molar-refractivity contribution in [1.29, 1.82) is 0 Å². The summed E-state index contributed by atoms with van der Waals surface area (Å²) in [7, 11) is 0. The van der Waals surface area contributed by atoms with E-state index < -0.39 is 5.97 Å². The fraction of sp³-hybridized carbons (Fsp3) is 0.400. The zero-order chi connectivity index (χ0) is 10.1. The number of carbonyl (C=O) groups excluding carboxylic acids is 1. The Morgan fingerprint density at radius 1 is 1.64 bits per heavy atom. The van der Waals surface area contributed by atoms with Gasteiger partial charge in [0.05, 0.1) is 18.3 Å². The summed E-state index contributed by atoms with van der Waals surface area (Å²) >= 11 is 0. The summed E-state index contributed by atoms with van der Waals surface area (Å²) in [6.07, 6.45) is 3.73. The highest BCUT2D eigenvalue weighted by atomic mass is 16.6. The molecule has 0 aromatic heterocycles. The molecule has 0 aromatic carbocycles. The standard InChI is InChI=1S/C10H10O4/c11-7-1-2-9(10(12)13)6(3-7)4-8-5-14-8/h2-3,8H,1,4-5H2,(H,12,13). The van der Waals surface area contributed by atoms with Gasteiger partial charge >= 0.3 is 5.97 Å². The maximum absolute atomic E-state index is 11.1. The average Bonchev–Trinajstić information content (AvgIpc) is 2.87. The van der Waals surface area contributed by atoms with E-state index in [-0.39, 0.29) is 23.9 Å². The van der Waals surface area contributed by atoms with E-state index in [0.29, 0.717) is 18.6 Å². The first-order valence-corrected chi connectivity index (χ1v) is 4.45. The second kappa shape index (κ2) is 3.38. The molecule has 14 heavy (non-hydrogen) atoms. The summed E-state index contributed by atoms with van der Waals surface area (Å²) in [4.78, 5) is 21.9. The predicted molar refractivity (Wildman–Crippen MR) is 47.8 cm³/mol. The Kier molecular flexibility index (Phi) is 2.21. The van der Waals surface area contributed by atoms with Gasteiger partial charge in [-0.15, -0.1) is 0 Å². The Labute approximate surface area is 80.9 Å². The second-order valence-corrected chi connectivity index (χ2v) is 3.42. The molecule has 0 aromatic rings. The van der Waals surface area contributed by atoms with E-state index in [4.69, 9.17) is 9.84 Å². The van der Waals surface area contributed by atoms with Crippen molar-refractivity contribution < 1.29 is 19.4 Å². The van der Waals surface area contributed by atoms with Crippen LogP contribution in [-0.4, -0.2) is 29.6 Å². The van der Waals surface area contributed by atoms with Gasteiger partial charge in [0.25, 0.3) is 0 Å². The molecule has 0 radical (unpaired) electrons. The van der Waals surface area contributed by atoms with Gasteiger partial charge < -0.3 is 9.84 Å². The van der Waals surface area contributed by atoms with E-state index in [1.807, 2.05) is 0 Å². The Balaban J connectivity index is 2.17. The van der Waals surface area contributed by atoms with Gasteiger partial charge in [0.15, 0.2) is 5.78 Å². The summed E-state index contributed by atoms with van der Waals surface area (Å²) in [5.41, 5.74) is 0.844. The van der Waals surface area contributed by atoms with Crippen molar-refractivity contribution in [3.05, 3.63) is 23.3 Å². The lowest BCUT2D eigenvalue weighted by atomic mass is 9.94. The molecule has 4 heteroatoms. The van der Waals surface area contributed by atoms with E-state index in [1.165, 1.54) is 12.2 Å². The average molecular weight is 194 g/mol. The van der Waals surface area contributed by atoms with Crippen LogP contribution in [0, 0.1) is 0 Å². The maximum Gasteiger partial charge on any atom is 0.335 e. The molecule has 2 aliphatic rings. The number of carboxylic acid groups (broad SMARTS) is 1. The van der Waals surface area contributed by atoms with Crippen molar-refractivity contribution in [3.63, 3.8) is 0 Å². The highest BCUT2D eigenvalue weighted by Gasteiger charge is 2.28. The summed E-state index contributed by atoms with van der Waals surface area (Å²) in [6.45, 7) is 0.665. The first-order chi connectivity index (χ1) is 6.66. The SMILES string of the molecule is O=C1C=C(CC2CO2)C(C(=O)O)=CC1. The van der Waals surface area contributed by atoms with E-state index >= 15 is 0 Å². The van der Waals surface area contributed by atoms with Gasteiger partial charge in [0, 0.05) is 12.8 Å². The summed E-state index contributed by atoms with van der Waals surface area (Å²) in [5.74, 6) is -1.00. The molecule has 1 N–H and O–H groups in total. The number of hydrogen-bond acceptors (Lipinski definition) is 3.